The van der Waals surface area contributed by atoms with Crippen molar-refractivity contribution in [1.29, 1.82) is 0 Å². The van der Waals surface area contributed by atoms with Crippen molar-refractivity contribution in [2.24, 2.45) is 0 Å². The predicted octanol–water partition coefficient (Wildman–Crippen LogP) is 4.75. The predicted molar refractivity (Wildman–Crippen MR) is 104 cm³/mol. The van der Waals surface area contributed by atoms with E-state index in [9.17, 15) is 19.4 Å². The molecule has 1 atom stereocenters. The first-order valence-electron chi connectivity index (χ1n) is 8.70. The number of nitrogens with zero attached hydrogens (tertiary/aromatic N) is 1. The largest absolute Gasteiger partial charge is 0.508 e. The molecule has 0 fully saturated rings. The van der Waals surface area contributed by atoms with Crippen LogP contribution in [-0.4, -0.2) is 27.2 Å². The summed E-state index contributed by atoms with van der Waals surface area (Å²) in [6.45, 7) is 5.53. The van der Waals surface area contributed by atoms with E-state index < -0.39 is 12.0 Å². The highest BCUT2D eigenvalue weighted by atomic mass is 19.1. The Hall–Kier alpha value is -3.15. The molecule has 2 aromatic carbocycles. The summed E-state index contributed by atoms with van der Waals surface area (Å²) < 4.78 is 13.4. The Kier molecular flexibility index (Phi) is 4.99. The van der Waals surface area contributed by atoms with Crippen LogP contribution in [0.2, 0.25) is 0 Å². The number of halogens is 1. The fourth-order valence-electron chi connectivity index (χ4n) is 3.13. The van der Waals surface area contributed by atoms with Crippen molar-refractivity contribution in [1.82, 2.24) is 4.98 Å². The molecule has 27 heavy (non-hydrogen) atoms. The van der Waals surface area contributed by atoms with Gasteiger partial charge in [-0.2, -0.15) is 0 Å². The molecule has 0 aliphatic carbocycles. The molecular formula is C21H21FN2O3. The highest BCUT2D eigenvalue weighted by Gasteiger charge is 2.22. The number of benzene rings is 2. The number of phenolic OH excluding ortho intramolecular Hbond substituents is 1. The lowest BCUT2D eigenvalue weighted by Crippen LogP contribution is -2.27. The summed E-state index contributed by atoms with van der Waals surface area (Å²) in [4.78, 5) is 15.9. The quantitative estimate of drug-likeness (QED) is 0.605. The van der Waals surface area contributed by atoms with E-state index in [-0.39, 0.29) is 17.5 Å². The maximum absolute atomic E-state index is 13.4. The minimum atomic E-state index is -0.995. The van der Waals surface area contributed by atoms with Crippen molar-refractivity contribution in [3.05, 3.63) is 53.8 Å². The van der Waals surface area contributed by atoms with Gasteiger partial charge in [0.05, 0.1) is 5.52 Å². The van der Waals surface area contributed by atoms with E-state index in [0.717, 1.165) is 22.1 Å². The second-order valence-corrected chi connectivity index (χ2v) is 6.82. The average molecular weight is 368 g/mol. The second-order valence-electron chi connectivity index (χ2n) is 6.82. The van der Waals surface area contributed by atoms with Gasteiger partial charge in [0, 0.05) is 17.0 Å². The summed E-state index contributed by atoms with van der Waals surface area (Å²) in [5.74, 6) is -0.796. The molecule has 0 aliphatic rings. The van der Waals surface area contributed by atoms with Gasteiger partial charge in [0.1, 0.15) is 23.4 Å². The Bertz CT molecular complexity index is 1000. The lowest BCUT2D eigenvalue weighted by atomic mass is 9.89. The van der Waals surface area contributed by atoms with Gasteiger partial charge in [0.2, 0.25) is 0 Å². The van der Waals surface area contributed by atoms with Crippen molar-refractivity contribution in [2.45, 2.75) is 32.7 Å². The van der Waals surface area contributed by atoms with Crippen LogP contribution in [0.15, 0.2) is 42.5 Å². The Morgan fingerprint density at radius 1 is 1.11 bits per heavy atom. The van der Waals surface area contributed by atoms with Gasteiger partial charge >= 0.3 is 5.97 Å². The van der Waals surface area contributed by atoms with Crippen LogP contribution in [0.3, 0.4) is 0 Å². The number of rotatable bonds is 5. The molecule has 0 saturated carbocycles. The number of hydrogen-bond acceptors (Lipinski definition) is 4. The molecular weight excluding hydrogens is 347 g/mol. The van der Waals surface area contributed by atoms with E-state index in [0.29, 0.717) is 11.3 Å². The number of carboxylic acids is 1. The SMILES string of the molecule is CC(C)c1c(N[C@H](C)C(=O)O)nc2cc(O)ccc2c1-c1ccc(F)cc1. The first-order chi connectivity index (χ1) is 12.8. The monoisotopic (exact) mass is 368 g/mol. The van der Waals surface area contributed by atoms with Gasteiger partial charge in [-0.3, -0.25) is 4.79 Å². The minimum Gasteiger partial charge on any atom is -0.508 e. The fraction of sp³-hybridized carbons (Fsp3) is 0.238. The van der Waals surface area contributed by atoms with E-state index in [1.807, 2.05) is 13.8 Å². The molecule has 0 spiro atoms. The Morgan fingerprint density at radius 3 is 2.37 bits per heavy atom. The van der Waals surface area contributed by atoms with Gasteiger partial charge in [0.25, 0.3) is 0 Å². The summed E-state index contributed by atoms with van der Waals surface area (Å²) in [6, 6.07) is 10.2. The molecule has 0 bridgehead atoms. The summed E-state index contributed by atoms with van der Waals surface area (Å²) in [5, 5.41) is 22.9. The number of pyridine rings is 1. The van der Waals surface area contributed by atoms with Crippen molar-refractivity contribution in [3.8, 4) is 16.9 Å². The average Bonchev–Trinajstić information content (AvgIpc) is 2.60. The Labute approximate surface area is 156 Å². The van der Waals surface area contributed by atoms with Crippen LogP contribution in [0.4, 0.5) is 10.2 Å². The Morgan fingerprint density at radius 2 is 1.78 bits per heavy atom. The highest BCUT2D eigenvalue weighted by Crippen LogP contribution is 2.40. The fourth-order valence-corrected chi connectivity index (χ4v) is 3.13. The molecule has 5 nitrogen and oxygen atoms in total. The van der Waals surface area contributed by atoms with Crippen molar-refractivity contribution < 1.29 is 19.4 Å². The zero-order valence-electron chi connectivity index (χ0n) is 15.3. The van der Waals surface area contributed by atoms with Crippen LogP contribution >= 0.6 is 0 Å². The minimum absolute atomic E-state index is 0.0271. The number of phenols is 1. The van der Waals surface area contributed by atoms with Crippen LogP contribution in [0.25, 0.3) is 22.0 Å². The van der Waals surface area contributed by atoms with Gasteiger partial charge in [-0.1, -0.05) is 26.0 Å². The second kappa shape index (κ2) is 7.23. The number of aromatic nitrogens is 1. The van der Waals surface area contributed by atoms with Gasteiger partial charge in [-0.25, -0.2) is 9.37 Å². The molecule has 3 N–H and O–H groups in total. The van der Waals surface area contributed by atoms with Crippen molar-refractivity contribution >= 4 is 22.7 Å². The zero-order valence-corrected chi connectivity index (χ0v) is 15.3. The number of nitrogens with one attached hydrogen (secondary N) is 1. The normalized spacial score (nSPS) is 12.3. The number of hydrogen-bond donors (Lipinski definition) is 3. The topological polar surface area (TPSA) is 82.5 Å². The molecule has 3 rings (SSSR count). The summed E-state index contributed by atoms with van der Waals surface area (Å²) in [7, 11) is 0. The third-order valence-corrected chi connectivity index (χ3v) is 4.44. The molecule has 0 aliphatic heterocycles. The molecule has 140 valence electrons. The summed E-state index contributed by atoms with van der Waals surface area (Å²) in [5.41, 5.74) is 3.01. The van der Waals surface area contributed by atoms with Gasteiger partial charge < -0.3 is 15.5 Å². The molecule has 1 heterocycles. The van der Waals surface area contributed by atoms with Gasteiger partial charge in [0.15, 0.2) is 0 Å². The van der Waals surface area contributed by atoms with E-state index in [1.54, 1.807) is 31.2 Å². The first kappa shape index (κ1) is 18.6. The van der Waals surface area contributed by atoms with E-state index in [4.69, 9.17) is 0 Å². The number of carbonyl (C=O) groups is 1. The maximum atomic E-state index is 13.4. The molecule has 0 amide bonds. The lowest BCUT2D eigenvalue weighted by Gasteiger charge is -2.22. The third kappa shape index (κ3) is 3.69. The summed E-state index contributed by atoms with van der Waals surface area (Å²) >= 11 is 0. The van der Waals surface area contributed by atoms with Gasteiger partial charge in [-0.05, 0) is 48.2 Å². The number of aliphatic carboxylic acids is 1. The highest BCUT2D eigenvalue weighted by molar-refractivity contribution is 5.99. The van der Waals surface area contributed by atoms with Crippen LogP contribution in [0, 0.1) is 5.82 Å². The third-order valence-electron chi connectivity index (χ3n) is 4.44. The smallest absolute Gasteiger partial charge is 0.325 e. The van der Waals surface area contributed by atoms with Crippen LogP contribution in [0.1, 0.15) is 32.3 Å². The molecule has 0 radical (unpaired) electrons. The number of fused-ring (bicyclic) bond motifs is 1. The first-order valence-corrected chi connectivity index (χ1v) is 8.70. The van der Waals surface area contributed by atoms with Gasteiger partial charge in [-0.15, -0.1) is 0 Å². The van der Waals surface area contributed by atoms with Crippen LogP contribution in [0.5, 0.6) is 5.75 Å². The molecule has 6 heteroatoms. The molecule has 3 aromatic rings. The number of carboxylic acid groups (broad SMARTS) is 1. The molecule has 0 saturated heterocycles. The Balaban J connectivity index is 2.36. The van der Waals surface area contributed by atoms with E-state index in [1.165, 1.54) is 18.2 Å². The van der Waals surface area contributed by atoms with E-state index >= 15 is 0 Å². The standard InChI is InChI=1S/C21H21FN2O3/c1-11(2)18-19(13-4-6-14(22)7-5-13)16-9-8-15(25)10-17(16)24-20(18)23-12(3)21(26)27/h4-12,25H,1-3H3,(H,23,24)(H,26,27)/t12-/m1/s1. The van der Waals surface area contributed by atoms with E-state index in [2.05, 4.69) is 10.3 Å². The molecule has 0 unspecified atom stereocenters. The number of anilines is 1. The zero-order chi connectivity index (χ0) is 19.7. The van der Waals surface area contributed by atoms with Crippen molar-refractivity contribution in [2.75, 3.05) is 5.32 Å². The van der Waals surface area contributed by atoms with Crippen molar-refractivity contribution in [3.63, 3.8) is 0 Å². The summed E-state index contributed by atoms with van der Waals surface area (Å²) in [6.07, 6.45) is 0. The van der Waals surface area contributed by atoms with Crippen LogP contribution < -0.4 is 5.32 Å². The van der Waals surface area contributed by atoms with Crippen LogP contribution in [-0.2, 0) is 4.79 Å². The lowest BCUT2D eigenvalue weighted by molar-refractivity contribution is -0.137. The molecule has 1 aromatic heterocycles. The maximum Gasteiger partial charge on any atom is 0.325 e. The number of aromatic hydroxyl groups is 1.